The van der Waals surface area contributed by atoms with Crippen LogP contribution in [0.15, 0.2) is 60.7 Å². The molecule has 2 aliphatic carbocycles. The highest BCUT2D eigenvalue weighted by Crippen LogP contribution is 2.43. The van der Waals surface area contributed by atoms with Gasteiger partial charge in [0.1, 0.15) is 0 Å². The molecule has 0 aromatic heterocycles. The summed E-state index contributed by atoms with van der Waals surface area (Å²) in [6, 6.07) is 21.4. The number of piperazine rings is 1. The maximum atomic E-state index is 13.6. The largest absolute Gasteiger partial charge is 0.331 e. The normalized spacial score (nSPS) is 27.5. The lowest BCUT2D eigenvalue weighted by atomic mass is 9.89. The first kappa shape index (κ1) is 17.9. The topological polar surface area (TPSA) is 24.8 Å². The Morgan fingerprint density at radius 2 is 1.46 bits per heavy atom. The molecular formula is C25H31N2O+. The van der Waals surface area contributed by atoms with Gasteiger partial charge in [0.15, 0.2) is 0 Å². The predicted molar refractivity (Wildman–Crippen MR) is 111 cm³/mol. The number of benzene rings is 2. The van der Waals surface area contributed by atoms with Crippen LogP contribution in [0.4, 0.5) is 0 Å². The summed E-state index contributed by atoms with van der Waals surface area (Å²) in [7, 11) is 0. The molecule has 3 fully saturated rings. The van der Waals surface area contributed by atoms with Gasteiger partial charge in [0.25, 0.3) is 0 Å². The summed E-state index contributed by atoms with van der Waals surface area (Å²) in [4.78, 5) is 17.5. The van der Waals surface area contributed by atoms with Crippen LogP contribution in [0, 0.1) is 11.8 Å². The molecule has 0 unspecified atom stereocenters. The van der Waals surface area contributed by atoms with Gasteiger partial charge in [0.2, 0.25) is 5.91 Å². The molecule has 5 rings (SSSR count). The Balaban J connectivity index is 1.30. The summed E-state index contributed by atoms with van der Waals surface area (Å²) in [5.41, 5.74) is 2.20. The highest BCUT2D eigenvalue weighted by atomic mass is 16.2. The average molecular weight is 376 g/mol. The number of nitrogens with zero attached hydrogens (tertiary/aromatic N) is 1. The molecule has 3 atom stereocenters. The van der Waals surface area contributed by atoms with E-state index in [2.05, 4.69) is 29.2 Å². The van der Waals surface area contributed by atoms with Crippen molar-refractivity contribution >= 4 is 5.91 Å². The van der Waals surface area contributed by atoms with E-state index in [4.69, 9.17) is 0 Å². The Morgan fingerprint density at radius 1 is 0.857 bits per heavy atom. The lowest BCUT2D eigenvalue weighted by Gasteiger charge is -2.39. The van der Waals surface area contributed by atoms with Crippen molar-refractivity contribution in [3.63, 3.8) is 0 Å². The minimum absolute atomic E-state index is 0.188. The zero-order valence-electron chi connectivity index (χ0n) is 16.6. The molecule has 2 saturated carbocycles. The first-order valence-electron chi connectivity index (χ1n) is 11.0. The molecular weight excluding hydrogens is 344 g/mol. The van der Waals surface area contributed by atoms with Gasteiger partial charge in [-0.05, 0) is 36.3 Å². The fourth-order valence-electron chi connectivity index (χ4n) is 6.08. The molecule has 1 amide bonds. The molecule has 146 valence electrons. The summed E-state index contributed by atoms with van der Waals surface area (Å²) in [6.07, 6.45) is 5.83. The summed E-state index contributed by atoms with van der Waals surface area (Å²) in [6.45, 7) is 4.04. The molecule has 3 nitrogen and oxygen atoms in total. The third-order valence-electron chi connectivity index (χ3n) is 7.49. The van der Waals surface area contributed by atoms with Gasteiger partial charge < -0.3 is 9.80 Å². The number of rotatable bonds is 4. The van der Waals surface area contributed by atoms with Crippen molar-refractivity contribution in [1.82, 2.24) is 4.90 Å². The van der Waals surface area contributed by atoms with Crippen LogP contribution < -0.4 is 4.90 Å². The zero-order chi connectivity index (χ0) is 18.9. The second kappa shape index (κ2) is 7.71. The fourth-order valence-corrected chi connectivity index (χ4v) is 6.08. The molecule has 3 heteroatoms. The molecule has 2 aromatic carbocycles. The van der Waals surface area contributed by atoms with E-state index in [1.54, 1.807) is 4.90 Å². The van der Waals surface area contributed by atoms with E-state index in [1.807, 2.05) is 36.4 Å². The number of carbonyl (C=O) groups excluding carboxylic acids is 1. The first-order chi connectivity index (χ1) is 13.8. The molecule has 1 aliphatic heterocycles. The summed E-state index contributed by atoms with van der Waals surface area (Å²) in [5.74, 6) is 2.04. The van der Waals surface area contributed by atoms with Crippen molar-refractivity contribution in [3.05, 3.63) is 71.8 Å². The fraction of sp³-hybridized carbons (Fsp3) is 0.480. The summed E-state index contributed by atoms with van der Waals surface area (Å²) < 4.78 is 0. The monoisotopic (exact) mass is 375 g/mol. The quantitative estimate of drug-likeness (QED) is 0.873. The maximum absolute atomic E-state index is 13.6. The van der Waals surface area contributed by atoms with Gasteiger partial charge in [-0.25, -0.2) is 0 Å². The molecule has 0 radical (unpaired) electrons. The van der Waals surface area contributed by atoms with Crippen molar-refractivity contribution in [2.24, 2.45) is 11.8 Å². The van der Waals surface area contributed by atoms with Crippen LogP contribution in [0.1, 0.15) is 42.7 Å². The van der Waals surface area contributed by atoms with E-state index < -0.39 is 0 Å². The van der Waals surface area contributed by atoms with Crippen LogP contribution in [0.2, 0.25) is 0 Å². The first-order valence-corrected chi connectivity index (χ1v) is 11.0. The lowest BCUT2D eigenvalue weighted by Crippen LogP contribution is -3.18. The molecule has 2 bridgehead atoms. The highest BCUT2D eigenvalue weighted by molar-refractivity contribution is 5.87. The van der Waals surface area contributed by atoms with E-state index in [0.717, 1.165) is 55.2 Å². The summed E-state index contributed by atoms with van der Waals surface area (Å²) >= 11 is 0. The Labute approximate surface area is 168 Å². The third-order valence-corrected chi connectivity index (χ3v) is 7.49. The van der Waals surface area contributed by atoms with Crippen LogP contribution in [0.25, 0.3) is 0 Å². The minimum atomic E-state index is -0.188. The van der Waals surface area contributed by atoms with Gasteiger partial charge in [-0.3, -0.25) is 4.79 Å². The molecule has 28 heavy (non-hydrogen) atoms. The molecule has 2 aromatic rings. The smallest absolute Gasteiger partial charge is 0.234 e. The molecule has 1 N–H and O–H groups in total. The van der Waals surface area contributed by atoms with Crippen LogP contribution in [-0.2, 0) is 4.79 Å². The number of hydrogen-bond acceptors (Lipinski definition) is 1. The van der Waals surface area contributed by atoms with Crippen LogP contribution in [-0.4, -0.2) is 43.0 Å². The van der Waals surface area contributed by atoms with Gasteiger partial charge in [0, 0.05) is 12.3 Å². The van der Waals surface area contributed by atoms with E-state index in [1.165, 1.54) is 25.7 Å². The number of fused-ring (bicyclic) bond motifs is 2. The minimum Gasteiger partial charge on any atom is -0.331 e. The Kier molecular flexibility index (Phi) is 4.94. The molecule has 3 aliphatic rings. The van der Waals surface area contributed by atoms with E-state index in [-0.39, 0.29) is 11.8 Å². The van der Waals surface area contributed by atoms with Crippen molar-refractivity contribution in [2.75, 3.05) is 26.2 Å². The standard InChI is InChI=1S/C25H30N2O/c28-25(24(20-7-3-1-4-8-20)21-9-5-2-6-10-21)27-15-13-26(14-16-27)23-18-19-11-12-22(23)17-19/h1-10,19,22-24H,11-18H2/p+1/t19-,22+,23+/m0/s1. The average Bonchev–Trinajstić information content (AvgIpc) is 3.39. The second-order valence-electron chi connectivity index (χ2n) is 9.02. The van der Waals surface area contributed by atoms with Gasteiger partial charge in [-0.15, -0.1) is 0 Å². The number of hydrogen-bond donors (Lipinski definition) is 1. The number of quaternary nitrogens is 1. The Bertz CT molecular complexity index is 758. The van der Waals surface area contributed by atoms with Crippen LogP contribution in [0.3, 0.4) is 0 Å². The van der Waals surface area contributed by atoms with E-state index in [0.29, 0.717) is 0 Å². The molecule has 0 spiro atoms. The Morgan fingerprint density at radius 3 is 1.96 bits per heavy atom. The van der Waals surface area contributed by atoms with Crippen molar-refractivity contribution in [3.8, 4) is 0 Å². The SMILES string of the molecule is O=C(C(c1ccccc1)c1ccccc1)N1CC[NH+]([C@@H]2C[C@H]3CC[C@@H]2C3)CC1. The molecule has 1 saturated heterocycles. The van der Waals surface area contributed by atoms with E-state index >= 15 is 0 Å². The zero-order valence-corrected chi connectivity index (χ0v) is 16.6. The van der Waals surface area contributed by atoms with Crippen LogP contribution in [0.5, 0.6) is 0 Å². The van der Waals surface area contributed by atoms with Crippen LogP contribution >= 0.6 is 0 Å². The highest BCUT2D eigenvalue weighted by Gasteiger charge is 2.46. The van der Waals surface area contributed by atoms with Gasteiger partial charge in [0.05, 0.1) is 38.1 Å². The summed E-state index contributed by atoms with van der Waals surface area (Å²) in [5, 5.41) is 0. The maximum Gasteiger partial charge on any atom is 0.234 e. The predicted octanol–water partition coefficient (Wildman–Crippen LogP) is 2.73. The van der Waals surface area contributed by atoms with Crippen molar-refractivity contribution in [2.45, 2.75) is 37.6 Å². The number of carbonyl (C=O) groups is 1. The van der Waals surface area contributed by atoms with Crippen molar-refractivity contribution < 1.29 is 9.69 Å². The Hall–Kier alpha value is -2.13. The number of nitrogens with one attached hydrogen (secondary N) is 1. The van der Waals surface area contributed by atoms with Crippen molar-refractivity contribution in [1.29, 1.82) is 0 Å². The van der Waals surface area contributed by atoms with Gasteiger partial charge in [-0.2, -0.15) is 0 Å². The number of amides is 1. The second-order valence-corrected chi connectivity index (χ2v) is 9.02. The lowest BCUT2D eigenvalue weighted by molar-refractivity contribution is -0.932. The van der Waals surface area contributed by atoms with Gasteiger partial charge in [-0.1, -0.05) is 60.7 Å². The molecule has 1 heterocycles. The third kappa shape index (κ3) is 3.37. The van der Waals surface area contributed by atoms with Gasteiger partial charge >= 0.3 is 0 Å². The van der Waals surface area contributed by atoms with E-state index in [9.17, 15) is 4.79 Å².